The molecule has 4 amide bonds. The summed E-state index contributed by atoms with van der Waals surface area (Å²) in [4.78, 5) is 40.1. The Morgan fingerprint density at radius 1 is 1.13 bits per heavy atom. The molecule has 2 heterocycles. The second-order valence-electron chi connectivity index (χ2n) is 6.25. The Balaban J connectivity index is 1.64. The molecule has 0 aromatic heterocycles. The number of halogens is 1. The van der Waals surface area contributed by atoms with E-state index in [1.165, 1.54) is 24.3 Å². The van der Waals surface area contributed by atoms with Gasteiger partial charge in [0, 0.05) is 12.5 Å². The molecule has 7 heteroatoms. The molecule has 4 rings (SSSR count). The number of carbonyl (C=O) groups is 3. The molecule has 2 saturated heterocycles. The Morgan fingerprint density at radius 2 is 1.83 bits per heavy atom. The van der Waals surface area contributed by atoms with Gasteiger partial charge in [-0.3, -0.25) is 9.59 Å². The first kappa shape index (κ1) is 14.2. The number of nitrogens with zero attached hydrogens (tertiary/aromatic N) is 2. The molecule has 2 atom stereocenters. The zero-order valence-electron chi connectivity index (χ0n) is 12.4. The smallest absolute Gasteiger partial charge is 0.329 e. The normalized spacial score (nSPS) is 27.0. The zero-order chi connectivity index (χ0) is 16.1. The van der Waals surface area contributed by atoms with E-state index in [9.17, 15) is 18.8 Å². The topological polar surface area (TPSA) is 69.7 Å². The van der Waals surface area contributed by atoms with Crippen molar-refractivity contribution in [2.75, 3.05) is 11.4 Å². The average Bonchev–Trinajstić information content (AvgIpc) is 3.29. The lowest BCUT2D eigenvalue weighted by atomic mass is 10.0. The van der Waals surface area contributed by atoms with E-state index in [4.69, 9.17) is 0 Å². The summed E-state index contributed by atoms with van der Waals surface area (Å²) in [7, 11) is 0. The highest BCUT2D eigenvalue weighted by atomic mass is 19.1. The van der Waals surface area contributed by atoms with Gasteiger partial charge in [0.1, 0.15) is 11.9 Å². The van der Waals surface area contributed by atoms with Crippen molar-refractivity contribution in [3.8, 4) is 0 Å². The van der Waals surface area contributed by atoms with Gasteiger partial charge >= 0.3 is 6.03 Å². The molecule has 0 radical (unpaired) electrons. The molecule has 1 N–H and O–H groups in total. The lowest BCUT2D eigenvalue weighted by molar-refractivity contribution is -0.139. The lowest BCUT2D eigenvalue weighted by Gasteiger charge is -2.36. The number of carbonyl (C=O) groups excluding carboxylic acids is 3. The van der Waals surface area contributed by atoms with Crippen molar-refractivity contribution < 1.29 is 18.8 Å². The van der Waals surface area contributed by atoms with Gasteiger partial charge in [-0.2, -0.15) is 0 Å². The van der Waals surface area contributed by atoms with Crippen LogP contribution in [0.3, 0.4) is 0 Å². The van der Waals surface area contributed by atoms with E-state index in [2.05, 4.69) is 5.32 Å². The molecule has 1 aliphatic carbocycles. The van der Waals surface area contributed by atoms with Crippen LogP contribution in [0.1, 0.15) is 19.3 Å². The number of likely N-dealkylation sites (tertiary alicyclic amines) is 1. The largest absolute Gasteiger partial charge is 0.332 e. The molecular weight excluding hydrogens is 301 g/mol. The number of amides is 4. The van der Waals surface area contributed by atoms with Crippen LogP contribution in [0.5, 0.6) is 0 Å². The van der Waals surface area contributed by atoms with Gasteiger partial charge in [-0.15, -0.1) is 0 Å². The van der Waals surface area contributed by atoms with Crippen molar-refractivity contribution >= 4 is 23.5 Å². The third kappa shape index (κ3) is 2.27. The van der Waals surface area contributed by atoms with Crippen LogP contribution in [0.25, 0.3) is 0 Å². The lowest BCUT2D eigenvalue weighted by Crippen LogP contribution is -2.65. The minimum Gasteiger partial charge on any atom is -0.332 e. The Labute approximate surface area is 132 Å². The van der Waals surface area contributed by atoms with Crippen molar-refractivity contribution in [3.63, 3.8) is 0 Å². The second kappa shape index (κ2) is 5.04. The Bertz CT molecular complexity index is 686. The van der Waals surface area contributed by atoms with Gasteiger partial charge in [0.15, 0.2) is 0 Å². The summed E-state index contributed by atoms with van der Waals surface area (Å²) >= 11 is 0. The summed E-state index contributed by atoms with van der Waals surface area (Å²) in [6.07, 6.45) is 2.32. The summed E-state index contributed by atoms with van der Waals surface area (Å²) in [5, 5.41) is 2.79. The standard InChI is InChI=1S/C16H16FN3O3/c17-10-3-5-11(6-4-10)20-15(22)13-12(18-16(20)23)7-8-19(13)14(21)9-1-2-9/h3-6,9,12-13H,1-2,7-8H2,(H,18,23)/t12-,13+/m1/s1. The number of benzene rings is 1. The van der Waals surface area contributed by atoms with E-state index < -0.39 is 23.8 Å². The van der Waals surface area contributed by atoms with Crippen LogP contribution in [-0.4, -0.2) is 41.4 Å². The zero-order valence-corrected chi connectivity index (χ0v) is 12.4. The van der Waals surface area contributed by atoms with Crippen molar-refractivity contribution in [1.29, 1.82) is 0 Å². The number of nitrogens with one attached hydrogen (secondary N) is 1. The number of urea groups is 1. The maximum absolute atomic E-state index is 13.1. The first-order valence-electron chi connectivity index (χ1n) is 7.77. The van der Waals surface area contributed by atoms with Crippen molar-refractivity contribution in [3.05, 3.63) is 30.1 Å². The van der Waals surface area contributed by atoms with Crippen LogP contribution in [0.15, 0.2) is 24.3 Å². The van der Waals surface area contributed by atoms with Gasteiger partial charge in [-0.05, 0) is 43.5 Å². The Hall–Kier alpha value is -2.44. The SMILES string of the molecule is O=C1N[C@@H]2CCN(C(=O)C3CC3)[C@@H]2C(=O)N1c1ccc(F)cc1. The Kier molecular flexibility index (Phi) is 3.11. The van der Waals surface area contributed by atoms with Crippen LogP contribution in [0, 0.1) is 11.7 Å². The molecule has 3 fully saturated rings. The minimum absolute atomic E-state index is 0.000977. The highest BCUT2D eigenvalue weighted by molar-refractivity contribution is 6.19. The van der Waals surface area contributed by atoms with Gasteiger partial charge in [0.2, 0.25) is 5.91 Å². The molecule has 1 aromatic rings. The van der Waals surface area contributed by atoms with Crippen LogP contribution in [0.4, 0.5) is 14.9 Å². The molecule has 120 valence electrons. The van der Waals surface area contributed by atoms with E-state index >= 15 is 0 Å². The van der Waals surface area contributed by atoms with Crippen LogP contribution >= 0.6 is 0 Å². The fourth-order valence-electron chi connectivity index (χ4n) is 3.35. The summed E-state index contributed by atoms with van der Waals surface area (Å²) in [5.74, 6) is -0.834. The maximum atomic E-state index is 13.1. The molecule has 1 aromatic carbocycles. The average molecular weight is 317 g/mol. The molecule has 2 aliphatic heterocycles. The fourth-order valence-corrected chi connectivity index (χ4v) is 3.35. The van der Waals surface area contributed by atoms with Crippen molar-refractivity contribution in [1.82, 2.24) is 10.2 Å². The highest BCUT2D eigenvalue weighted by Gasteiger charge is 2.51. The number of imide groups is 1. The van der Waals surface area contributed by atoms with E-state index in [1.54, 1.807) is 4.90 Å². The quantitative estimate of drug-likeness (QED) is 0.893. The molecule has 0 bridgehead atoms. The van der Waals surface area contributed by atoms with Gasteiger partial charge < -0.3 is 10.2 Å². The van der Waals surface area contributed by atoms with Crippen LogP contribution in [-0.2, 0) is 9.59 Å². The van der Waals surface area contributed by atoms with Crippen molar-refractivity contribution in [2.24, 2.45) is 5.92 Å². The summed E-state index contributed by atoms with van der Waals surface area (Å²) < 4.78 is 13.1. The van der Waals surface area contributed by atoms with E-state index in [1.807, 2.05) is 0 Å². The van der Waals surface area contributed by atoms with E-state index in [0.29, 0.717) is 18.7 Å². The third-order valence-corrected chi connectivity index (χ3v) is 4.68. The molecule has 0 unspecified atom stereocenters. The second-order valence-corrected chi connectivity index (χ2v) is 6.25. The van der Waals surface area contributed by atoms with Gasteiger partial charge in [-0.1, -0.05) is 0 Å². The summed E-state index contributed by atoms with van der Waals surface area (Å²) in [5.41, 5.74) is 0.304. The number of rotatable bonds is 2. The number of fused-ring (bicyclic) bond motifs is 1. The molecule has 6 nitrogen and oxygen atoms in total. The number of hydrogen-bond acceptors (Lipinski definition) is 3. The molecule has 3 aliphatic rings. The predicted molar refractivity (Wildman–Crippen MR) is 79.0 cm³/mol. The van der Waals surface area contributed by atoms with Gasteiger partial charge in [0.05, 0.1) is 11.7 Å². The summed E-state index contributed by atoms with van der Waals surface area (Å²) in [6.45, 7) is 0.480. The Morgan fingerprint density at radius 3 is 2.48 bits per heavy atom. The monoisotopic (exact) mass is 317 g/mol. The molecule has 0 spiro atoms. The van der Waals surface area contributed by atoms with Crippen LogP contribution < -0.4 is 10.2 Å². The van der Waals surface area contributed by atoms with Crippen LogP contribution in [0.2, 0.25) is 0 Å². The molecule has 1 saturated carbocycles. The highest BCUT2D eigenvalue weighted by Crippen LogP contribution is 2.35. The predicted octanol–water partition coefficient (Wildman–Crippen LogP) is 1.26. The van der Waals surface area contributed by atoms with Gasteiger partial charge in [0.25, 0.3) is 5.91 Å². The van der Waals surface area contributed by atoms with Gasteiger partial charge in [-0.25, -0.2) is 14.1 Å². The fraction of sp³-hybridized carbons (Fsp3) is 0.438. The number of hydrogen-bond donors (Lipinski definition) is 1. The number of anilines is 1. The first-order chi connectivity index (χ1) is 11.1. The maximum Gasteiger partial charge on any atom is 0.329 e. The van der Waals surface area contributed by atoms with Crippen molar-refractivity contribution in [2.45, 2.75) is 31.3 Å². The van der Waals surface area contributed by atoms with E-state index in [0.717, 1.165) is 17.7 Å². The summed E-state index contributed by atoms with van der Waals surface area (Å²) in [6, 6.07) is 3.64. The minimum atomic E-state index is -0.661. The molecular formula is C16H16FN3O3. The third-order valence-electron chi connectivity index (χ3n) is 4.68. The first-order valence-corrected chi connectivity index (χ1v) is 7.77. The van der Waals surface area contributed by atoms with E-state index in [-0.39, 0.29) is 17.9 Å². The molecule has 23 heavy (non-hydrogen) atoms.